The molecule has 2 N–H and O–H groups in total. The van der Waals surface area contributed by atoms with E-state index in [1.165, 1.54) is 0 Å². The molecule has 0 spiro atoms. The molecule has 1 amide bonds. The van der Waals surface area contributed by atoms with Crippen molar-refractivity contribution in [3.63, 3.8) is 0 Å². The van der Waals surface area contributed by atoms with Crippen LogP contribution < -0.4 is 4.72 Å². The summed E-state index contributed by atoms with van der Waals surface area (Å²) >= 11 is 11.3. The van der Waals surface area contributed by atoms with E-state index in [0.29, 0.717) is 29.4 Å². The van der Waals surface area contributed by atoms with E-state index < -0.39 is 27.5 Å². The summed E-state index contributed by atoms with van der Waals surface area (Å²) in [4.78, 5) is 28.0. The van der Waals surface area contributed by atoms with Crippen molar-refractivity contribution in [2.45, 2.75) is 76.6 Å². The van der Waals surface area contributed by atoms with Crippen LogP contribution in [0.2, 0.25) is 10.0 Å². The summed E-state index contributed by atoms with van der Waals surface area (Å²) in [6, 6.07) is 14.2. The Morgan fingerprint density at radius 1 is 1.19 bits per heavy atom. The van der Waals surface area contributed by atoms with Gasteiger partial charge in [-0.2, -0.15) is 0 Å². The maximum Gasteiger partial charge on any atom is 0.304 e. The summed E-state index contributed by atoms with van der Waals surface area (Å²) in [7, 11) is 0. The number of aliphatic carboxylic acids is 1. The van der Waals surface area contributed by atoms with E-state index in [0.717, 1.165) is 11.1 Å². The molecule has 1 aliphatic rings. The summed E-state index contributed by atoms with van der Waals surface area (Å²) < 4.78 is 15.5. The largest absolute Gasteiger partial charge is 0.598 e. The van der Waals surface area contributed by atoms with Crippen LogP contribution in [0.3, 0.4) is 0 Å². The van der Waals surface area contributed by atoms with E-state index in [2.05, 4.69) is 4.72 Å². The van der Waals surface area contributed by atoms with Crippen LogP contribution >= 0.6 is 23.2 Å². The van der Waals surface area contributed by atoms with Gasteiger partial charge in [0.25, 0.3) is 0 Å². The lowest BCUT2D eigenvalue weighted by Crippen LogP contribution is -2.58. The highest BCUT2D eigenvalue weighted by Crippen LogP contribution is 2.52. The van der Waals surface area contributed by atoms with Crippen LogP contribution in [-0.2, 0) is 21.0 Å². The molecule has 1 fully saturated rings. The molecular formula is C28H36Cl2N2O4S. The van der Waals surface area contributed by atoms with Crippen molar-refractivity contribution in [3.8, 4) is 0 Å². The standard InChI is InChI=1S/C28H36Cl2N2O4S/c1-6-22(17-31-37(36)27(2,3)4)32-25(18-10-12-20(29)13-11-18)23(19-8-7-9-21(30)14-19)15-28(5,26(32)35)16-24(33)34/h7-14,22-23,25,31H,6,15-17H2,1-5H3,(H,33,34). The normalized spacial score (nSPS) is 24.1. The Bertz CT molecular complexity index is 1110. The van der Waals surface area contributed by atoms with E-state index in [4.69, 9.17) is 23.2 Å². The summed E-state index contributed by atoms with van der Waals surface area (Å²) in [6.45, 7) is 9.69. The summed E-state index contributed by atoms with van der Waals surface area (Å²) in [5.74, 6) is -1.46. The predicted octanol–water partition coefficient (Wildman–Crippen LogP) is 6.36. The second kappa shape index (κ2) is 12.0. The lowest BCUT2D eigenvalue weighted by atomic mass is 9.67. The number of carboxylic acids is 1. The Hall–Kier alpha value is -1.77. The monoisotopic (exact) mass is 566 g/mol. The van der Waals surface area contributed by atoms with Crippen molar-refractivity contribution in [2.24, 2.45) is 5.41 Å². The Balaban J connectivity index is 2.16. The molecular weight excluding hydrogens is 531 g/mol. The zero-order chi connectivity index (χ0) is 27.5. The number of hydrogen-bond donors (Lipinski definition) is 2. The highest BCUT2D eigenvalue weighted by molar-refractivity contribution is 7.90. The first-order chi connectivity index (χ1) is 17.3. The Labute approximate surface area is 233 Å². The van der Waals surface area contributed by atoms with Crippen LogP contribution in [0.15, 0.2) is 48.5 Å². The number of carboxylic acid groups (broad SMARTS) is 1. The van der Waals surface area contributed by atoms with Gasteiger partial charge < -0.3 is 14.6 Å². The molecule has 202 valence electrons. The van der Waals surface area contributed by atoms with Crippen molar-refractivity contribution in [2.75, 3.05) is 6.54 Å². The number of carbonyl (C=O) groups excluding carboxylic acids is 1. The Kier molecular flexibility index (Phi) is 9.62. The molecule has 0 aromatic heterocycles. The molecule has 9 heteroatoms. The maximum atomic E-state index is 14.2. The molecule has 1 saturated heterocycles. The number of rotatable bonds is 9. The van der Waals surface area contributed by atoms with Gasteiger partial charge in [0.1, 0.15) is 4.75 Å². The van der Waals surface area contributed by atoms with Gasteiger partial charge in [0.15, 0.2) is 0 Å². The van der Waals surface area contributed by atoms with Crippen molar-refractivity contribution in [3.05, 3.63) is 69.7 Å². The first kappa shape index (κ1) is 29.8. The highest BCUT2D eigenvalue weighted by atomic mass is 35.5. The fraction of sp³-hybridized carbons (Fsp3) is 0.500. The minimum absolute atomic E-state index is 0.218. The maximum absolute atomic E-state index is 14.2. The van der Waals surface area contributed by atoms with Crippen LogP contribution in [0.5, 0.6) is 0 Å². The number of piperidine rings is 1. The Morgan fingerprint density at radius 2 is 1.84 bits per heavy atom. The fourth-order valence-corrected chi connectivity index (χ4v) is 6.21. The molecule has 3 rings (SSSR count). The number of nitrogens with zero attached hydrogens (tertiary/aromatic N) is 1. The van der Waals surface area contributed by atoms with Gasteiger partial charge in [-0.05, 0) is 69.0 Å². The van der Waals surface area contributed by atoms with E-state index in [1.54, 1.807) is 25.1 Å². The molecule has 6 nitrogen and oxygen atoms in total. The number of hydrogen-bond acceptors (Lipinski definition) is 4. The van der Waals surface area contributed by atoms with Crippen molar-refractivity contribution in [1.82, 2.24) is 9.62 Å². The highest BCUT2D eigenvalue weighted by Gasteiger charge is 2.52. The second-order valence-corrected chi connectivity index (χ2v) is 13.9. The summed E-state index contributed by atoms with van der Waals surface area (Å²) in [5.41, 5.74) is 0.705. The zero-order valence-electron chi connectivity index (χ0n) is 22.0. The van der Waals surface area contributed by atoms with E-state index in [-0.39, 0.29) is 30.3 Å². The van der Waals surface area contributed by atoms with Crippen LogP contribution in [0, 0.1) is 5.41 Å². The number of nitrogens with one attached hydrogen (secondary N) is 1. The SMILES string of the molecule is CCC(CN[S+]([O-])C(C)(C)C)N1C(=O)C(C)(CC(=O)O)CC(c2cccc(Cl)c2)C1c1ccc(Cl)cc1. The predicted molar refractivity (Wildman–Crippen MR) is 150 cm³/mol. The first-order valence-corrected chi connectivity index (χ1v) is 14.4. The van der Waals surface area contributed by atoms with Gasteiger partial charge in [0.05, 0.1) is 24.4 Å². The average molecular weight is 568 g/mol. The first-order valence-electron chi connectivity index (χ1n) is 12.5. The summed E-state index contributed by atoms with van der Waals surface area (Å²) in [6.07, 6.45) is 0.653. The van der Waals surface area contributed by atoms with Gasteiger partial charge >= 0.3 is 5.97 Å². The quantitative estimate of drug-likeness (QED) is 0.344. The number of likely N-dealkylation sites (tertiary alicyclic amines) is 1. The third kappa shape index (κ3) is 7.01. The van der Waals surface area contributed by atoms with Crippen molar-refractivity contribution < 1.29 is 19.2 Å². The van der Waals surface area contributed by atoms with Gasteiger partial charge in [-0.1, -0.05) is 61.3 Å². The topological polar surface area (TPSA) is 92.7 Å². The third-order valence-electron chi connectivity index (χ3n) is 7.00. The van der Waals surface area contributed by atoms with Gasteiger partial charge in [0, 0.05) is 33.4 Å². The molecule has 0 saturated carbocycles. The van der Waals surface area contributed by atoms with Crippen LogP contribution in [-0.4, -0.2) is 43.8 Å². The molecule has 37 heavy (non-hydrogen) atoms. The van der Waals surface area contributed by atoms with Crippen LogP contribution in [0.1, 0.15) is 77.0 Å². The average Bonchev–Trinajstić information content (AvgIpc) is 2.81. The van der Waals surface area contributed by atoms with Gasteiger partial charge in [-0.3, -0.25) is 9.59 Å². The van der Waals surface area contributed by atoms with Gasteiger partial charge in [-0.15, -0.1) is 4.72 Å². The third-order valence-corrected chi connectivity index (χ3v) is 9.03. The Morgan fingerprint density at radius 3 is 2.38 bits per heavy atom. The van der Waals surface area contributed by atoms with Crippen molar-refractivity contribution in [1.29, 1.82) is 0 Å². The second-order valence-electron chi connectivity index (χ2n) is 11.0. The molecule has 0 radical (unpaired) electrons. The minimum atomic E-state index is -1.33. The van der Waals surface area contributed by atoms with Gasteiger partial charge in [0.2, 0.25) is 5.91 Å². The van der Waals surface area contributed by atoms with Crippen LogP contribution in [0.4, 0.5) is 0 Å². The summed E-state index contributed by atoms with van der Waals surface area (Å²) in [5, 5.41) is 10.9. The molecule has 2 aromatic rings. The lowest BCUT2D eigenvalue weighted by Gasteiger charge is -2.52. The lowest BCUT2D eigenvalue weighted by molar-refractivity contribution is -0.160. The van der Waals surface area contributed by atoms with Gasteiger partial charge in [-0.25, -0.2) is 0 Å². The van der Waals surface area contributed by atoms with Crippen molar-refractivity contribution >= 4 is 46.4 Å². The molecule has 1 heterocycles. The van der Waals surface area contributed by atoms with E-state index >= 15 is 0 Å². The van der Waals surface area contributed by atoms with Crippen LogP contribution in [0.25, 0.3) is 0 Å². The molecule has 5 atom stereocenters. The minimum Gasteiger partial charge on any atom is -0.598 e. The number of carbonyl (C=O) groups is 2. The number of amides is 1. The smallest absolute Gasteiger partial charge is 0.304 e. The van der Waals surface area contributed by atoms with E-state index in [1.807, 2.05) is 62.9 Å². The molecule has 2 aromatic carbocycles. The molecule has 0 aliphatic carbocycles. The number of benzene rings is 2. The fourth-order valence-electron chi connectivity index (χ4n) is 5.11. The molecule has 5 unspecified atom stereocenters. The molecule has 0 bridgehead atoms. The molecule has 1 aliphatic heterocycles. The zero-order valence-corrected chi connectivity index (χ0v) is 24.3. The van der Waals surface area contributed by atoms with E-state index in [9.17, 15) is 19.2 Å². The number of halogens is 2.